The van der Waals surface area contributed by atoms with E-state index in [1.54, 1.807) is 12.4 Å². The zero-order chi connectivity index (χ0) is 27.5. The van der Waals surface area contributed by atoms with Gasteiger partial charge in [0.15, 0.2) is 0 Å². The monoisotopic (exact) mass is 815 g/mol. The smallest absolute Gasteiger partial charge is 0.0267 e. The number of pyridine rings is 3. The minimum Gasteiger partial charge on any atom is -0.265 e. The van der Waals surface area contributed by atoms with Crippen LogP contribution in [0, 0.1) is 0 Å². The van der Waals surface area contributed by atoms with Gasteiger partial charge in [-0.2, -0.15) is 0 Å². The first-order chi connectivity index (χ1) is 19.1. The van der Waals surface area contributed by atoms with Gasteiger partial charge in [0.2, 0.25) is 0 Å². The molecule has 0 aliphatic carbocycles. The van der Waals surface area contributed by atoms with Crippen LogP contribution in [-0.2, 0) is 18.9 Å². The van der Waals surface area contributed by atoms with Crippen LogP contribution in [-0.4, -0.2) is 15.0 Å². The number of hydrogen-bond acceptors (Lipinski definition) is 3. The number of hydrogen-bond donors (Lipinski definition) is 0. The van der Waals surface area contributed by atoms with E-state index in [1.807, 2.05) is 109 Å². The zero-order valence-electron chi connectivity index (χ0n) is 20.9. The number of rotatable bonds is 2. The quantitative estimate of drug-likeness (QED) is 0.175. The summed E-state index contributed by atoms with van der Waals surface area (Å²) in [5.74, 6) is 0. The van der Waals surface area contributed by atoms with E-state index in [1.165, 1.54) is 4.08 Å². The van der Waals surface area contributed by atoms with Gasteiger partial charge in [-0.15, -0.1) is 0 Å². The van der Waals surface area contributed by atoms with Gasteiger partial charge in [-0.25, -0.2) is 0 Å². The van der Waals surface area contributed by atoms with Gasteiger partial charge in [0.1, 0.15) is 0 Å². The molecular weight excluding hydrogens is 790 g/mol. The molecule has 0 spiro atoms. The van der Waals surface area contributed by atoms with Crippen LogP contribution < -0.4 is 4.08 Å². The van der Waals surface area contributed by atoms with Gasteiger partial charge in [-0.3, -0.25) is 15.0 Å². The normalized spacial score (nSPS) is 9.44. The predicted molar refractivity (Wildman–Crippen MR) is 165 cm³/mol. The minimum atomic E-state index is 1.00. The van der Waals surface area contributed by atoms with E-state index in [4.69, 9.17) is 0 Å². The molecule has 0 unspecified atom stereocenters. The molecule has 0 saturated carbocycles. The van der Waals surface area contributed by atoms with Crippen molar-refractivity contribution in [3.8, 4) is 22.5 Å². The van der Waals surface area contributed by atoms with Crippen molar-refractivity contribution in [2.24, 2.45) is 0 Å². The Bertz CT molecular complexity index is 1330. The Labute approximate surface area is 257 Å². The molecule has 6 heteroatoms. The van der Waals surface area contributed by atoms with Crippen LogP contribution in [0.25, 0.3) is 22.5 Å². The number of nitrogens with zero attached hydrogens (tertiary/aromatic N) is 3. The summed E-state index contributed by atoms with van der Waals surface area (Å²) in [6.45, 7) is 0. The van der Waals surface area contributed by atoms with Crippen molar-refractivity contribution in [2.75, 3.05) is 0 Å². The molecule has 0 radical (unpaired) electrons. The molecule has 3 nitrogen and oxygen atoms in total. The number of aromatic nitrogens is 3. The first-order valence-electron chi connectivity index (χ1n) is 12.0. The van der Waals surface area contributed by atoms with Gasteiger partial charge >= 0.3 is 53.3 Å². The van der Waals surface area contributed by atoms with Crippen LogP contribution in [0.4, 0.5) is 0 Å². The molecule has 0 N–H and O–H groups in total. The molecule has 39 heavy (non-hydrogen) atoms. The summed E-state index contributed by atoms with van der Waals surface area (Å²) in [6, 6.07) is 44.2. The van der Waals surface area contributed by atoms with Crippen molar-refractivity contribution < 1.29 is 18.9 Å². The van der Waals surface area contributed by atoms with E-state index in [0.29, 0.717) is 0 Å². The van der Waals surface area contributed by atoms with Gasteiger partial charge < -0.3 is 0 Å². The van der Waals surface area contributed by atoms with Gasteiger partial charge in [-0.05, 0) is 68.3 Å². The van der Waals surface area contributed by atoms with Crippen molar-refractivity contribution in [3.63, 3.8) is 0 Å². The number of benzene rings is 3. The van der Waals surface area contributed by atoms with Crippen LogP contribution in [0.1, 0.15) is 0 Å². The fourth-order valence-electron chi connectivity index (χ4n) is 3.03. The largest absolute Gasteiger partial charge is 0.265 e. The molecule has 6 rings (SSSR count). The Morgan fingerprint density at radius 2 is 0.821 bits per heavy atom. The third-order valence-electron chi connectivity index (χ3n) is 4.88. The summed E-state index contributed by atoms with van der Waals surface area (Å²) in [4.78, 5) is 12.4. The van der Waals surface area contributed by atoms with Crippen LogP contribution in [0.2, 0.25) is 0 Å². The van der Waals surface area contributed by atoms with Crippen molar-refractivity contribution in [1.82, 2.24) is 15.0 Å². The fraction of sp³-hybridized carbons (Fsp3) is 0. The molecule has 3 aromatic heterocycles. The molecule has 0 bridgehead atoms. The van der Waals surface area contributed by atoms with Crippen LogP contribution >= 0.6 is 31.9 Å². The second-order valence-electron chi connectivity index (χ2n) is 7.75. The molecule has 0 fully saturated rings. The second kappa shape index (κ2) is 18.1. The molecule has 0 amide bonds. The average Bonchev–Trinajstić information content (AvgIpc) is 3.01. The molecule has 3 aromatic carbocycles. The average molecular weight is 817 g/mol. The van der Waals surface area contributed by atoms with E-state index in [-0.39, 0.29) is 0 Å². The first kappa shape index (κ1) is 30.3. The second-order valence-corrected chi connectivity index (χ2v) is 11.0. The Kier molecular flexibility index (Phi) is 14.0. The van der Waals surface area contributed by atoms with E-state index in [0.717, 1.165) is 31.5 Å². The molecule has 196 valence electrons. The Balaban J connectivity index is 0.000000151. The van der Waals surface area contributed by atoms with Crippen LogP contribution in [0.15, 0.2) is 167 Å². The third kappa shape index (κ3) is 12.4. The maximum absolute atomic E-state index is 4.30. The summed E-state index contributed by atoms with van der Waals surface area (Å²) in [5.41, 5.74) is 4.30. The van der Waals surface area contributed by atoms with Crippen molar-refractivity contribution >= 4 is 35.9 Å². The van der Waals surface area contributed by atoms with Crippen molar-refractivity contribution in [2.45, 2.75) is 0 Å². The summed E-state index contributed by atoms with van der Waals surface area (Å²) < 4.78 is 3.34. The summed E-state index contributed by atoms with van der Waals surface area (Å²) in [5, 5.41) is 0. The predicted octanol–water partition coefficient (Wildman–Crippen LogP) is 8.96. The van der Waals surface area contributed by atoms with E-state index >= 15 is 0 Å². The molecule has 0 aliphatic rings. The van der Waals surface area contributed by atoms with Gasteiger partial charge in [0.25, 0.3) is 0 Å². The minimum absolute atomic E-state index is 1.00. The van der Waals surface area contributed by atoms with Gasteiger partial charge in [0.05, 0.1) is 11.4 Å². The Morgan fingerprint density at radius 1 is 0.436 bits per heavy atom. The van der Waals surface area contributed by atoms with Gasteiger partial charge in [-0.1, -0.05) is 66.7 Å². The SMILES string of the molecule is Brc1ccc(-c2ccccc2)nc1.Brc1ccc(-c2ccccc2)nc1.[Ir][c]1ccccc1.c1ccncc1. The summed E-state index contributed by atoms with van der Waals surface area (Å²) in [6.07, 6.45) is 7.12. The third-order valence-corrected chi connectivity index (χ3v) is 6.62. The maximum Gasteiger partial charge on any atom is 0.0267 e. The molecule has 0 aliphatic heterocycles. The molecule has 3 heterocycles. The van der Waals surface area contributed by atoms with Crippen LogP contribution in [0.3, 0.4) is 0 Å². The number of halogens is 2. The van der Waals surface area contributed by atoms with E-state index in [9.17, 15) is 0 Å². The maximum atomic E-state index is 4.30. The first-order valence-corrected chi connectivity index (χ1v) is 14.8. The van der Waals surface area contributed by atoms with Crippen molar-refractivity contribution in [3.05, 3.63) is 167 Å². The topological polar surface area (TPSA) is 38.7 Å². The van der Waals surface area contributed by atoms with Crippen molar-refractivity contribution in [1.29, 1.82) is 0 Å². The zero-order valence-corrected chi connectivity index (χ0v) is 26.5. The fourth-order valence-corrected chi connectivity index (χ4v) is 3.96. The molecule has 0 saturated heterocycles. The molecular formula is C33H26Br2IrN3. The van der Waals surface area contributed by atoms with Gasteiger partial charge in [0, 0.05) is 44.9 Å². The standard InChI is InChI=1S/2C11H8BrN.C6H5.C5H5N.Ir/c2*12-10-6-7-11(13-8-10)9-4-2-1-3-5-9;2*1-2-4-6-5-3-1;/h2*1-8H;2*1-5H;. The Morgan fingerprint density at radius 3 is 1.08 bits per heavy atom. The summed E-state index contributed by atoms with van der Waals surface area (Å²) in [7, 11) is 0. The molecule has 0 atom stereocenters. The van der Waals surface area contributed by atoms with Crippen LogP contribution in [0.5, 0.6) is 0 Å². The molecule has 6 aromatic rings. The summed E-state index contributed by atoms with van der Waals surface area (Å²) >= 11 is 8.79. The Hall–Kier alpha value is -3.28. The van der Waals surface area contributed by atoms with E-state index in [2.05, 4.69) is 102 Å². The van der Waals surface area contributed by atoms with E-state index < -0.39 is 0 Å².